The Kier molecular flexibility index (Phi) is 6.97. The van der Waals surface area contributed by atoms with Crippen LogP contribution in [0.1, 0.15) is 62.5 Å². The number of benzene rings is 1. The Bertz CT molecular complexity index is 652. The number of carbonyl (C=O) groups is 1. The van der Waals surface area contributed by atoms with Crippen LogP contribution in [0.4, 0.5) is 0 Å². The van der Waals surface area contributed by atoms with E-state index in [1.165, 1.54) is 54.1 Å². The van der Waals surface area contributed by atoms with Crippen molar-refractivity contribution >= 4 is 21.9 Å². The number of allylic oxidation sites excluding steroid dienone is 2. The number of hydrogen-bond acceptors (Lipinski definition) is 1. The quantitative estimate of drug-likeness (QED) is 0.364. The molecule has 142 valence electrons. The zero-order chi connectivity index (χ0) is 18.5. The minimum atomic E-state index is -0.681. The summed E-state index contributed by atoms with van der Waals surface area (Å²) in [5.74, 6) is 2.72. The van der Waals surface area contributed by atoms with E-state index < -0.39 is 5.97 Å². The average molecular weight is 419 g/mol. The second-order valence-corrected chi connectivity index (χ2v) is 9.17. The minimum Gasteiger partial charge on any atom is -0.481 e. The molecule has 0 unspecified atom stereocenters. The van der Waals surface area contributed by atoms with Crippen LogP contribution in [-0.2, 0) is 11.2 Å². The predicted octanol–water partition coefficient (Wildman–Crippen LogP) is 6.55. The zero-order valence-electron chi connectivity index (χ0n) is 15.8. The monoisotopic (exact) mass is 418 g/mol. The lowest BCUT2D eigenvalue weighted by Gasteiger charge is -2.29. The summed E-state index contributed by atoms with van der Waals surface area (Å²) in [5, 5.41) is 8.75. The molecule has 2 nitrogen and oxygen atoms in total. The maximum absolute atomic E-state index is 10.6. The van der Waals surface area contributed by atoms with E-state index in [0.29, 0.717) is 0 Å². The highest BCUT2D eigenvalue weighted by molar-refractivity contribution is 9.10. The van der Waals surface area contributed by atoms with Gasteiger partial charge in [-0.1, -0.05) is 34.1 Å². The highest BCUT2D eigenvalue weighted by Gasteiger charge is 2.45. The highest BCUT2D eigenvalue weighted by Crippen LogP contribution is 2.54. The lowest BCUT2D eigenvalue weighted by molar-refractivity contribution is -0.137. The van der Waals surface area contributed by atoms with E-state index >= 15 is 0 Å². The van der Waals surface area contributed by atoms with Crippen LogP contribution in [0, 0.1) is 30.6 Å². The van der Waals surface area contributed by atoms with Crippen LogP contribution in [0.25, 0.3) is 0 Å². The molecular weight excluding hydrogens is 388 g/mol. The summed E-state index contributed by atoms with van der Waals surface area (Å²) in [6, 6.07) is 6.64. The van der Waals surface area contributed by atoms with Gasteiger partial charge in [-0.15, -0.1) is 0 Å². The van der Waals surface area contributed by atoms with E-state index in [1.807, 2.05) is 0 Å². The fraction of sp³-hybridized carbons (Fsp3) is 0.609. The lowest BCUT2D eigenvalue weighted by Crippen LogP contribution is -2.21. The van der Waals surface area contributed by atoms with Gasteiger partial charge in [0.25, 0.3) is 0 Å². The van der Waals surface area contributed by atoms with Crippen molar-refractivity contribution in [2.24, 2.45) is 23.7 Å². The van der Waals surface area contributed by atoms with Crippen molar-refractivity contribution in [2.75, 3.05) is 0 Å². The van der Waals surface area contributed by atoms with Crippen molar-refractivity contribution in [1.82, 2.24) is 0 Å². The maximum atomic E-state index is 10.6. The number of rotatable bonds is 9. The molecule has 0 aliphatic heterocycles. The summed E-state index contributed by atoms with van der Waals surface area (Å²) in [6.45, 7) is 2.21. The number of fused-ring (bicyclic) bond motifs is 2. The van der Waals surface area contributed by atoms with Crippen molar-refractivity contribution in [2.45, 2.75) is 64.7 Å². The largest absolute Gasteiger partial charge is 0.481 e. The van der Waals surface area contributed by atoms with E-state index in [4.69, 9.17) is 5.11 Å². The lowest BCUT2D eigenvalue weighted by atomic mass is 9.76. The topological polar surface area (TPSA) is 37.3 Å². The first-order valence-corrected chi connectivity index (χ1v) is 11.0. The third-order valence-corrected chi connectivity index (χ3v) is 7.06. The summed E-state index contributed by atoms with van der Waals surface area (Å²) in [6.07, 6.45) is 14.7. The maximum Gasteiger partial charge on any atom is 0.303 e. The number of hydrogen-bond donors (Lipinski definition) is 1. The van der Waals surface area contributed by atoms with Crippen LogP contribution in [-0.4, -0.2) is 11.1 Å². The standard InChI is InChI=1S/C23H31BrO2/c1-16-14-20(24)13-12-17(16)6-5-8-22-19-11-10-18(15-19)21(22)7-3-2-4-9-23(25)26/h3,7,12-14,18-19,21-22H,2,4-6,8-11,15H2,1H3,(H,25,26)/b7-3-/t18-,19+,21-,22-/m0/s1. The van der Waals surface area contributed by atoms with Gasteiger partial charge in [0.15, 0.2) is 0 Å². The Morgan fingerprint density at radius 2 is 2.08 bits per heavy atom. The number of unbranched alkanes of at least 4 members (excludes halogenated alkanes) is 1. The van der Waals surface area contributed by atoms with Crippen LogP contribution in [0.5, 0.6) is 0 Å². The molecule has 2 aliphatic rings. The Morgan fingerprint density at radius 3 is 2.85 bits per heavy atom. The normalized spacial score (nSPS) is 27.5. The van der Waals surface area contributed by atoms with Crippen LogP contribution in [0.2, 0.25) is 0 Å². The number of aryl methyl sites for hydroxylation is 2. The van der Waals surface area contributed by atoms with Gasteiger partial charge in [0, 0.05) is 10.9 Å². The van der Waals surface area contributed by atoms with Gasteiger partial charge in [-0.2, -0.15) is 0 Å². The molecule has 0 amide bonds. The zero-order valence-corrected chi connectivity index (χ0v) is 17.4. The number of aliphatic carboxylic acids is 1. The molecule has 1 aromatic rings. The fourth-order valence-electron chi connectivity index (χ4n) is 5.28. The van der Waals surface area contributed by atoms with Gasteiger partial charge in [-0.05, 0) is 105 Å². The first kappa shape index (κ1) is 19.7. The molecule has 2 saturated carbocycles. The Hall–Kier alpha value is -1.09. The first-order chi connectivity index (χ1) is 12.5. The second kappa shape index (κ2) is 9.21. The summed E-state index contributed by atoms with van der Waals surface area (Å²) < 4.78 is 1.17. The fourth-order valence-corrected chi connectivity index (χ4v) is 5.75. The third kappa shape index (κ3) is 5.00. The number of halogens is 1. The molecule has 0 saturated heterocycles. The molecule has 0 radical (unpaired) electrons. The number of carboxylic acids is 1. The summed E-state index contributed by atoms with van der Waals surface area (Å²) in [4.78, 5) is 10.6. The molecular formula is C23H31BrO2. The van der Waals surface area contributed by atoms with Gasteiger partial charge in [0.2, 0.25) is 0 Å². The molecule has 4 atom stereocenters. The van der Waals surface area contributed by atoms with Gasteiger partial charge >= 0.3 is 5.97 Å². The molecule has 1 N–H and O–H groups in total. The molecule has 1 aromatic carbocycles. The van der Waals surface area contributed by atoms with E-state index in [0.717, 1.165) is 36.5 Å². The van der Waals surface area contributed by atoms with Crippen molar-refractivity contribution < 1.29 is 9.90 Å². The van der Waals surface area contributed by atoms with E-state index in [1.54, 1.807) is 0 Å². The summed E-state index contributed by atoms with van der Waals surface area (Å²) in [7, 11) is 0. The van der Waals surface area contributed by atoms with Crippen LogP contribution >= 0.6 is 15.9 Å². The molecule has 26 heavy (non-hydrogen) atoms. The van der Waals surface area contributed by atoms with Gasteiger partial charge in [0.05, 0.1) is 0 Å². The molecule has 3 rings (SSSR count). The number of carboxylic acid groups (broad SMARTS) is 1. The SMILES string of the molecule is Cc1cc(Br)ccc1CCC[C@H]1[C@@H]2CC[C@@H](C2)[C@@H]1/C=C\CCCC(=O)O. The Labute approximate surface area is 166 Å². The smallest absolute Gasteiger partial charge is 0.303 e. The van der Waals surface area contributed by atoms with Gasteiger partial charge in [0.1, 0.15) is 0 Å². The van der Waals surface area contributed by atoms with Crippen molar-refractivity contribution in [3.05, 3.63) is 46.0 Å². The molecule has 2 fully saturated rings. The Morgan fingerprint density at radius 1 is 1.27 bits per heavy atom. The molecule has 2 aliphatic carbocycles. The van der Waals surface area contributed by atoms with E-state index in [9.17, 15) is 4.79 Å². The van der Waals surface area contributed by atoms with Crippen molar-refractivity contribution in [3.63, 3.8) is 0 Å². The van der Waals surface area contributed by atoms with Gasteiger partial charge in [-0.25, -0.2) is 0 Å². The van der Waals surface area contributed by atoms with Crippen LogP contribution < -0.4 is 0 Å². The van der Waals surface area contributed by atoms with Crippen LogP contribution in [0.3, 0.4) is 0 Å². The van der Waals surface area contributed by atoms with E-state index in [-0.39, 0.29) is 6.42 Å². The molecule has 0 spiro atoms. The highest BCUT2D eigenvalue weighted by atomic mass is 79.9. The van der Waals surface area contributed by atoms with E-state index in [2.05, 4.69) is 53.2 Å². The second-order valence-electron chi connectivity index (χ2n) is 8.25. The van der Waals surface area contributed by atoms with Crippen molar-refractivity contribution in [3.8, 4) is 0 Å². The van der Waals surface area contributed by atoms with Crippen molar-refractivity contribution in [1.29, 1.82) is 0 Å². The minimum absolute atomic E-state index is 0.289. The molecule has 0 aromatic heterocycles. The molecule has 2 bridgehead atoms. The predicted molar refractivity (Wildman–Crippen MR) is 110 cm³/mol. The van der Waals surface area contributed by atoms with Gasteiger partial charge < -0.3 is 5.11 Å². The summed E-state index contributed by atoms with van der Waals surface area (Å²) >= 11 is 3.55. The average Bonchev–Trinajstić information content (AvgIpc) is 3.18. The Balaban J connectivity index is 1.50. The summed E-state index contributed by atoms with van der Waals surface area (Å²) in [5.41, 5.74) is 2.87. The molecule has 0 heterocycles. The van der Waals surface area contributed by atoms with Crippen LogP contribution in [0.15, 0.2) is 34.8 Å². The first-order valence-electron chi connectivity index (χ1n) is 10.2. The van der Waals surface area contributed by atoms with Gasteiger partial charge in [-0.3, -0.25) is 4.79 Å². The molecule has 3 heteroatoms. The third-order valence-electron chi connectivity index (χ3n) is 6.57.